The summed E-state index contributed by atoms with van der Waals surface area (Å²) < 4.78 is 27.2. The Balaban J connectivity index is 2.07. The molecule has 3 aromatic carbocycles. The van der Waals surface area contributed by atoms with Crippen LogP contribution < -0.4 is 9.62 Å². The normalized spacial score (nSPS) is 12.0. The number of rotatable bonds is 13. The fraction of sp³-hybridized carbons (Fsp3) is 0.375. The summed E-state index contributed by atoms with van der Waals surface area (Å²) in [6.45, 7) is 7.98. The van der Waals surface area contributed by atoms with Gasteiger partial charge in [0.25, 0.3) is 0 Å². The van der Waals surface area contributed by atoms with Crippen LogP contribution in [0, 0.1) is 20.8 Å². The van der Waals surface area contributed by atoms with E-state index in [2.05, 4.69) is 12.2 Å². The Morgan fingerprint density at radius 1 is 0.900 bits per heavy atom. The molecule has 7 nitrogen and oxygen atoms in total. The van der Waals surface area contributed by atoms with Gasteiger partial charge in [-0.1, -0.05) is 80.1 Å². The number of unbranched alkanes of at least 4 members (excludes halogenated alkanes) is 1. The fourth-order valence-electron chi connectivity index (χ4n) is 4.61. The van der Waals surface area contributed by atoms with Crippen molar-refractivity contribution in [3.8, 4) is 0 Å². The third-order valence-electron chi connectivity index (χ3n) is 7.02. The molecule has 0 saturated carbocycles. The minimum Gasteiger partial charge on any atom is -0.354 e. The fourth-order valence-corrected chi connectivity index (χ4v) is 5.51. The monoisotopic (exact) mass is 563 g/mol. The maximum Gasteiger partial charge on any atom is 0.244 e. The number of anilines is 1. The molecule has 0 bridgehead atoms. The zero-order chi connectivity index (χ0) is 29.3. The zero-order valence-electron chi connectivity index (χ0n) is 24.2. The first-order valence-corrected chi connectivity index (χ1v) is 15.6. The van der Waals surface area contributed by atoms with Gasteiger partial charge in [0.05, 0.1) is 11.9 Å². The third-order valence-corrected chi connectivity index (χ3v) is 8.14. The van der Waals surface area contributed by atoms with Crippen molar-refractivity contribution in [2.75, 3.05) is 23.7 Å². The van der Waals surface area contributed by atoms with Crippen LogP contribution in [-0.4, -0.2) is 50.5 Å². The van der Waals surface area contributed by atoms with Crippen LogP contribution in [0.15, 0.2) is 72.8 Å². The molecule has 0 saturated heterocycles. The first-order valence-electron chi connectivity index (χ1n) is 13.7. The maximum absolute atomic E-state index is 14.2. The number of sulfonamides is 1. The lowest BCUT2D eigenvalue weighted by Crippen LogP contribution is -2.53. The summed E-state index contributed by atoms with van der Waals surface area (Å²) in [7, 11) is -3.80. The largest absolute Gasteiger partial charge is 0.354 e. The van der Waals surface area contributed by atoms with Crippen LogP contribution in [-0.2, 0) is 32.6 Å². The molecule has 0 fully saturated rings. The Hall–Kier alpha value is -3.65. The van der Waals surface area contributed by atoms with E-state index in [1.54, 1.807) is 11.0 Å². The van der Waals surface area contributed by atoms with Crippen LogP contribution in [0.4, 0.5) is 5.69 Å². The topological polar surface area (TPSA) is 86.8 Å². The molecule has 0 spiro atoms. The first-order chi connectivity index (χ1) is 19.0. The predicted octanol–water partition coefficient (Wildman–Crippen LogP) is 4.93. The number of hydrogen-bond acceptors (Lipinski definition) is 4. The van der Waals surface area contributed by atoms with E-state index in [0.29, 0.717) is 18.7 Å². The van der Waals surface area contributed by atoms with Gasteiger partial charge < -0.3 is 10.2 Å². The number of amides is 2. The molecule has 214 valence electrons. The molecule has 0 aliphatic carbocycles. The molecule has 3 rings (SSSR count). The highest BCUT2D eigenvalue weighted by Crippen LogP contribution is 2.25. The first kappa shape index (κ1) is 30.9. The second kappa shape index (κ2) is 14.1. The Labute approximate surface area is 239 Å². The van der Waals surface area contributed by atoms with Crippen molar-refractivity contribution < 1.29 is 18.0 Å². The summed E-state index contributed by atoms with van der Waals surface area (Å²) >= 11 is 0. The summed E-state index contributed by atoms with van der Waals surface area (Å²) in [4.78, 5) is 29.4. The number of nitrogens with zero attached hydrogens (tertiary/aromatic N) is 2. The minimum absolute atomic E-state index is 0.175. The standard InChI is InChI=1S/C32H41N3O4S/c1-6-7-19-33-32(37)30(21-27-14-9-8-10-15-27)34(22-28-16-12-11-13-25(28)3)31(36)23-35(40(5,38)39)29-20-24(2)17-18-26(29)4/h8-18,20,30H,6-7,19,21-23H2,1-5H3,(H,33,37)/t30-/m1/s1. The molecule has 0 aliphatic heterocycles. The van der Waals surface area contributed by atoms with Gasteiger partial charge in [-0.3, -0.25) is 13.9 Å². The summed E-state index contributed by atoms with van der Waals surface area (Å²) in [5.41, 5.74) is 4.88. The Morgan fingerprint density at radius 2 is 1.57 bits per heavy atom. The van der Waals surface area contributed by atoms with Crippen molar-refractivity contribution in [2.24, 2.45) is 0 Å². The molecule has 0 radical (unpaired) electrons. The molecular formula is C32H41N3O4S. The van der Waals surface area contributed by atoms with Gasteiger partial charge in [0.15, 0.2) is 0 Å². The Bertz CT molecular complexity index is 1410. The number of nitrogens with one attached hydrogen (secondary N) is 1. The van der Waals surface area contributed by atoms with E-state index in [1.165, 1.54) is 0 Å². The van der Waals surface area contributed by atoms with Crippen LogP contribution in [0.25, 0.3) is 0 Å². The zero-order valence-corrected chi connectivity index (χ0v) is 25.0. The van der Waals surface area contributed by atoms with E-state index in [0.717, 1.165) is 51.2 Å². The highest BCUT2D eigenvalue weighted by molar-refractivity contribution is 7.92. The predicted molar refractivity (Wildman–Crippen MR) is 162 cm³/mol. The third kappa shape index (κ3) is 8.42. The molecule has 8 heteroatoms. The van der Waals surface area contributed by atoms with Crippen molar-refractivity contribution in [1.82, 2.24) is 10.2 Å². The van der Waals surface area contributed by atoms with Gasteiger partial charge in [-0.25, -0.2) is 8.42 Å². The van der Waals surface area contributed by atoms with Crippen molar-refractivity contribution in [2.45, 2.75) is 59.5 Å². The Morgan fingerprint density at radius 3 is 2.23 bits per heavy atom. The molecule has 2 amide bonds. The molecule has 0 heterocycles. The second-order valence-corrected chi connectivity index (χ2v) is 12.3. The Kier molecular flexibility index (Phi) is 10.9. The van der Waals surface area contributed by atoms with E-state index in [-0.39, 0.29) is 12.5 Å². The quantitative estimate of drug-likeness (QED) is 0.299. The number of carbonyl (C=O) groups excluding carboxylic acids is 2. The SMILES string of the molecule is CCCCNC(=O)[C@@H](Cc1ccccc1)N(Cc1ccccc1C)C(=O)CN(c1cc(C)ccc1C)S(C)(=O)=O. The average molecular weight is 564 g/mol. The van der Waals surface area contributed by atoms with Gasteiger partial charge in [-0.15, -0.1) is 0 Å². The van der Waals surface area contributed by atoms with Crippen molar-refractivity contribution in [1.29, 1.82) is 0 Å². The number of benzene rings is 3. The van der Waals surface area contributed by atoms with Gasteiger partial charge in [0.1, 0.15) is 12.6 Å². The van der Waals surface area contributed by atoms with E-state index < -0.39 is 28.5 Å². The molecule has 0 unspecified atom stereocenters. The van der Waals surface area contributed by atoms with E-state index >= 15 is 0 Å². The molecule has 1 atom stereocenters. The van der Waals surface area contributed by atoms with Crippen molar-refractivity contribution in [3.63, 3.8) is 0 Å². The molecular weight excluding hydrogens is 522 g/mol. The lowest BCUT2D eigenvalue weighted by molar-refractivity contribution is -0.140. The van der Waals surface area contributed by atoms with Gasteiger partial charge in [0.2, 0.25) is 21.8 Å². The summed E-state index contributed by atoms with van der Waals surface area (Å²) in [5.74, 6) is -0.696. The van der Waals surface area contributed by atoms with E-state index in [4.69, 9.17) is 0 Å². The van der Waals surface area contributed by atoms with Crippen LogP contribution in [0.3, 0.4) is 0 Å². The van der Waals surface area contributed by atoms with Crippen LogP contribution >= 0.6 is 0 Å². The summed E-state index contributed by atoms with van der Waals surface area (Å²) in [6.07, 6.45) is 3.16. The van der Waals surface area contributed by atoms with Gasteiger partial charge in [-0.05, 0) is 61.1 Å². The highest BCUT2D eigenvalue weighted by atomic mass is 32.2. The lowest BCUT2D eigenvalue weighted by atomic mass is 10.0. The molecule has 0 aliphatic rings. The van der Waals surface area contributed by atoms with Crippen LogP contribution in [0.5, 0.6) is 0 Å². The smallest absolute Gasteiger partial charge is 0.244 e. The van der Waals surface area contributed by atoms with Gasteiger partial charge in [0, 0.05) is 19.5 Å². The van der Waals surface area contributed by atoms with E-state index in [9.17, 15) is 18.0 Å². The molecule has 3 aromatic rings. The van der Waals surface area contributed by atoms with Gasteiger partial charge in [-0.2, -0.15) is 0 Å². The number of aryl methyl sites for hydroxylation is 3. The highest BCUT2D eigenvalue weighted by Gasteiger charge is 2.33. The van der Waals surface area contributed by atoms with Crippen molar-refractivity contribution in [3.05, 3.63) is 101 Å². The van der Waals surface area contributed by atoms with E-state index in [1.807, 2.05) is 87.5 Å². The number of carbonyl (C=O) groups is 2. The maximum atomic E-state index is 14.2. The molecule has 1 N–H and O–H groups in total. The van der Waals surface area contributed by atoms with Gasteiger partial charge >= 0.3 is 0 Å². The van der Waals surface area contributed by atoms with Crippen LogP contribution in [0.2, 0.25) is 0 Å². The molecule has 40 heavy (non-hydrogen) atoms. The van der Waals surface area contributed by atoms with Crippen LogP contribution in [0.1, 0.15) is 47.6 Å². The van der Waals surface area contributed by atoms with Crippen molar-refractivity contribution >= 4 is 27.5 Å². The second-order valence-electron chi connectivity index (χ2n) is 10.4. The minimum atomic E-state index is -3.80. The lowest BCUT2D eigenvalue weighted by Gasteiger charge is -2.34. The molecule has 0 aromatic heterocycles. The summed E-state index contributed by atoms with van der Waals surface area (Å²) in [6, 6.07) is 22.0. The number of hydrogen-bond donors (Lipinski definition) is 1. The summed E-state index contributed by atoms with van der Waals surface area (Å²) in [5, 5.41) is 3.01. The average Bonchev–Trinajstić information content (AvgIpc) is 2.91.